The molecule has 0 aromatic carbocycles. The summed E-state index contributed by atoms with van der Waals surface area (Å²) in [5, 5.41) is 5.35. The van der Waals surface area contributed by atoms with E-state index in [4.69, 9.17) is 10.5 Å². The van der Waals surface area contributed by atoms with E-state index in [-0.39, 0.29) is 11.7 Å². The maximum Gasteiger partial charge on any atom is 0.419 e. The second-order valence-corrected chi connectivity index (χ2v) is 7.25. The molecule has 3 aromatic heterocycles. The average molecular weight is 398 g/mol. The van der Waals surface area contributed by atoms with Crippen LogP contribution in [0.25, 0.3) is 16.2 Å². The fourth-order valence-electron chi connectivity index (χ4n) is 3.08. The molecule has 3 aromatic rings. The van der Waals surface area contributed by atoms with Crippen LogP contribution < -0.4 is 10.6 Å². The largest absolute Gasteiger partial charge is 0.419 e. The van der Waals surface area contributed by atoms with Crippen molar-refractivity contribution < 1.29 is 17.9 Å². The minimum absolute atomic E-state index is 0.247. The first-order chi connectivity index (χ1) is 12.8. The lowest BCUT2D eigenvalue weighted by molar-refractivity contribution is -0.137. The Kier molecular flexibility index (Phi) is 4.42. The molecule has 11 heteroatoms. The van der Waals surface area contributed by atoms with E-state index in [9.17, 15) is 13.2 Å². The van der Waals surface area contributed by atoms with Crippen molar-refractivity contribution in [1.82, 2.24) is 19.6 Å². The number of rotatable bonds is 3. The normalized spacial score (nSPS) is 16.4. The standard InChI is InChI=1S/C16H17F3N6OS/c1-26-10-2-4-24(5-3-10)15-23-25-8-12(22-14(25)27-15)9-6-11(16(17,18)19)13(20)21-7-9/h6-8,10H,2-5H2,1H3,(H2,20,21). The highest BCUT2D eigenvalue weighted by molar-refractivity contribution is 7.20. The Labute approximate surface area is 156 Å². The zero-order valence-electron chi connectivity index (χ0n) is 14.4. The van der Waals surface area contributed by atoms with Gasteiger partial charge in [-0.2, -0.15) is 13.2 Å². The summed E-state index contributed by atoms with van der Waals surface area (Å²) in [5.74, 6) is -0.549. The van der Waals surface area contributed by atoms with Crippen LogP contribution in [-0.2, 0) is 10.9 Å². The third-order valence-corrected chi connectivity index (χ3v) is 5.58. The predicted octanol–water partition coefficient (Wildman–Crippen LogP) is 3.07. The number of piperidine rings is 1. The van der Waals surface area contributed by atoms with E-state index in [0.29, 0.717) is 10.7 Å². The molecule has 27 heavy (non-hydrogen) atoms. The number of ether oxygens (including phenoxy) is 1. The molecule has 0 bridgehead atoms. The molecule has 1 fully saturated rings. The first-order valence-electron chi connectivity index (χ1n) is 8.32. The van der Waals surface area contributed by atoms with Crippen LogP contribution in [0.15, 0.2) is 18.5 Å². The van der Waals surface area contributed by atoms with Gasteiger partial charge in [-0.05, 0) is 18.9 Å². The van der Waals surface area contributed by atoms with E-state index in [1.54, 1.807) is 17.8 Å². The summed E-state index contributed by atoms with van der Waals surface area (Å²) in [6, 6.07) is 0.964. The number of imidazole rings is 1. The van der Waals surface area contributed by atoms with E-state index >= 15 is 0 Å². The first kappa shape index (κ1) is 18.0. The Morgan fingerprint density at radius 1 is 1.30 bits per heavy atom. The highest BCUT2D eigenvalue weighted by Gasteiger charge is 2.34. The fourth-order valence-corrected chi connectivity index (χ4v) is 4.02. The SMILES string of the molecule is COC1CCN(c2nn3cc(-c4cnc(N)c(C(F)(F)F)c4)nc3s2)CC1. The van der Waals surface area contributed by atoms with Gasteiger partial charge in [-0.3, -0.25) is 0 Å². The molecule has 2 N–H and O–H groups in total. The number of aromatic nitrogens is 4. The third-order valence-electron chi connectivity index (χ3n) is 4.60. The van der Waals surface area contributed by atoms with Crippen LogP contribution >= 0.6 is 11.3 Å². The Bertz CT molecular complexity index is 929. The van der Waals surface area contributed by atoms with Crippen molar-refractivity contribution in [2.75, 3.05) is 30.8 Å². The van der Waals surface area contributed by atoms with E-state index in [1.807, 2.05) is 0 Å². The summed E-state index contributed by atoms with van der Waals surface area (Å²) >= 11 is 1.40. The molecule has 1 aliphatic rings. The number of alkyl halides is 3. The Morgan fingerprint density at radius 3 is 2.67 bits per heavy atom. The van der Waals surface area contributed by atoms with Crippen molar-refractivity contribution in [3.63, 3.8) is 0 Å². The average Bonchev–Trinajstić information content (AvgIpc) is 3.20. The van der Waals surface area contributed by atoms with Gasteiger partial charge in [0.05, 0.1) is 23.6 Å². The van der Waals surface area contributed by atoms with Crippen molar-refractivity contribution in [2.45, 2.75) is 25.1 Å². The highest BCUT2D eigenvalue weighted by Crippen LogP contribution is 2.35. The second kappa shape index (κ2) is 6.64. The van der Waals surface area contributed by atoms with Gasteiger partial charge in [0.15, 0.2) is 0 Å². The van der Waals surface area contributed by atoms with Gasteiger partial charge in [0.2, 0.25) is 10.1 Å². The van der Waals surface area contributed by atoms with E-state index in [1.165, 1.54) is 17.5 Å². The number of hydrogen-bond acceptors (Lipinski definition) is 7. The molecule has 0 unspecified atom stereocenters. The van der Waals surface area contributed by atoms with Gasteiger partial charge < -0.3 is 15.4 Å². The molecule has 144 valence electrons. The quantitative estimate of drug-likeness (QED) is 0.730. The van der Waals surface area contributed by atoms with Crippen molar-refractivity contribution >= 4 is 27.2 Å². The molecule has 4 rings (SSSR count). The van der Waals surface area contributed by atoms with Gasteiger partial charge in [0.25, 0.3) is 0 Å². The predicted molar refractivity (Wildman–Crippen MR) is 95.8 cm³/mol. The van der Waals surface area contributed by atoms with E-state index in [0.717, 1.165) is 37.1 Å². The lowest BCUT2D eigenvalue weighted by atomic mass is 10.1. The van der Waals surface area contributed by atoms with Gasteiger partial charge in [-0.1, -0.05) is 11.3 Å². The number of fused-ring (bicyclic) bond motifs is 1. The van der Waals surface area contributed by atoms with Crippen LogP contribution in [0.3, 0.4) is 0 Å². The molecule has 1 saturated heterocycles. The van der Waals surface area contributed by atoms with Crippen LogP contribution in [0.2, 0.25) is 0 Å². The Balaban J connectivity index is 1.60. The second-order valence-electron chi connectivity index (χ2n) is 6.31. The number of nitrogens with two attached hydrogens (primary N) is 1. The lowest BCUT2D eigenvalue weighted by Gasteiger charge is -2.30. The topological polar surface area (TPSA) is 81.6 Å². The molecule has 4 heterocycles. The Morgan fingerprint density at radius 2 is 2.04 bits per heavy atom. The number of nitrogens with zero attached hydrogens (tertiary/aromatic N) is 5. The molecule has 0 aliphatic carbocycles. The third kappa shape index (κ3) is 3.44. The summed E-state index contributed by atoms with van der Waals surface area (Å²) in [5.41, 5.74) is 5.00. The molecule has 0 amide bonds. The molecule has 0 spiro atoms. The van der Waals surface area contributed by atoms with E-state index in [2.05, 4.69) is 20.0 Å². The van der Waals surface area contributed by atoms with Crippen LogP contribution in [0, 0.1) is 0 Å². The van der Waals surface area contributed by atoms with Gasteiger partial charge in [0.1, 0.15) is 5.82 Å². The minimum atomic E-state index is -4.57. The van der Waals surface area contributed by atoms with Gasteiger partial charge in [0, 0.05) is 32.0 Å². The van der Waals surface area contributed by atoms with E-state index < -0.39 is 17.6 Å². The first-order valence-corrected chi connectivity index (χ1v) is 9.14. The van der Waals surface area contributed by atoms with Crippen molar-refractivity contribution in [3.8, 4) is 11.3 Å². The lowest BCUT2D eigenvalue weighted by Crippen LogP contribution is -2.36. The minimum Gasteiger partial charge on any atom is -0.383 e. The van der Waals surface area contributed by atoms with Crippen molar-refractivity contribution in [3.05, 3.63) is 24.0 Å². The fraction of sp³-hybridized carbons (Fsp3) is 0.438. The zero-order valence-corrected chi connectivity index (χ0v) is 15.2. The molecule has 0 saturated carbocycles. The zero-order chi connectivity index (χ0) is 19.2. The summed E-state index contributed by atoms with van der Waals surface area (Å²) in [4.78, 5) is 10.8. The summed E-state index contributed by atoms with van der Waals surface area (Å²) in [7, 11) is 1.72. The summed E-state index contributed by atoms with van der Waals surface area (Å²) in [6.45, 7) is 1.69. The molecular weight excluding hydrogens is 381 g/mol. The number of anilines is 2. The van der Waals surface area contributed by atoms with Crippen molar-refractivity contribution in [1.29, 1.82) is 0 Å². The van der Waals surface area contributed by atoms with Crippen LogP contribution in [-0.4, -0.2) is 45.9 Å². The van der Waals surface area contributed by atoms with Crippen molar-refractivity contribution in [2.24, 2.45) is 0 Å². The molecule has 1 aliphatic heterocycles. The van der Waals surface area contributed by atoms with Gasteiger partial charge in [-0.15, -0.1) is 5.10 Å². The number of halogens is 3. The highest BCUT2D eigenvalue weighted by atomic mass is 32.1. The number of methoxy groups -OCH3 is 1. The van der Waals surface area contributed by atoms with Gasteiger partial charge >= 0.3 is 6.18 Å². The molecule has 7 nitrogen and oxygen atoms in total. The summed E-state index contributed by atoms with van der Waals surface area (Å²) < 4.78 is 46.0. The van der Waals surface area contributed by atoms with Crippen LogP contribution in [0.5, 0.6) is 0 Å². The number of nitrogen functional groups attached to an aromatic ring is 1. The maximum atomic E-state index is 13.0. The molecule has 0 radical (unpaired) electrons. The number of hydrogen-bond donors (Lipinski definition) is 1. The maximum absolute atomic E-state index is 13.0. The molecule has 0 atom stereocenters. The number of pyridine rings is 1. The smallest absolute Gasteiger partial charge is 0.383 e. The van der Waals surface area contributed by atoms with Gasteiger partial charge in [-0.25, -0.2) is 14.5 Å². The van der Waals surface area contributed by atoms with Crippen LogP contribution in [0.1, 0.15) is 18.4 Å². The molecular formula is C16H17F3N6OS. The Hall–Kier alpha value is -2.40. The van der Waals surface area contributed by atoms with Crippen LogP contribution in [0.4, 0.5) is 24.1 Å². The monoisotopic (exact) mass is 398 g/mol. The summed E-state index contributed by atoms with van der Waals surface area (Å²) in [6.07, 6.45) is 0.460.